The quantitative estimate of drug-likeness (QED) is 0.125. The summed E-state index contributed by atoms with van der Waals surface area (Å²) in [6.07, 6.45) is 0. The van der Waals surface area contributed by atoms with Crippen LogP contribution in [0.15, 0.2) is 103 Å². The van der Waals surface area contributed by atoms with Gasteiger partial charge in [-0.3, -0.25) is 0 Å². The van der Waals surface area contributed by atoms with Crippen LogP contribution in [0.4, 0.5) is 0 Å². The summed E-state index contributed by atoms with van der Waals surface area (Å²) in [7, 11) is 11.0. The molecule has 0 aliphatic carbocycles. The van der Waals surface area contributed by atoms with E-state index in [2.05, 4.69) is 172 Å². The molecule has 0 saturated heterocycles. The molecular weight excluding hydrogens is 695 g/mol. The summed E-state index contributed by atoms with van der Waals surface area (Å²) < 4.78 is 0. The average Bonchev–Trinajstić information content (AvgIpc) is 3.62. The Morgan fingerprint density at radius 1 is 0.696 bits per heavy atom. The van der Waals surface area contributed by atoms with E-state index in [-0.39, 0.29) is 5.41 Å². The van der Waals surface area contributed by atoms with Gasteiger partial charge in [-0.2, -0.15) is 12.1 Å². The predicted molar refractivity (Wildman–Crippen MR) is 206 cm³/mol. The number of aryl methyl sites for hydroxylation is 2. The fraction of sp³-hybridized carbons (Fsp3) is 0.286. The monoisotopic (exact) mass is 740 g/mol. The number of fused-ring (bicyclic) bond motifs is 2. The van der Waals surface area contributed by atoms with Crippen LogP contribution in [0.5, 0.6) is 0 Å². The average molecular weight is 743 g/mol. The van der Waals surface area contributed by atoms with E-state index < -0.39 is 20.8 Å². The number of hydrogen-bond acceptors (Lipinski definition) is 0. The minimum absolute atomic E-state index is 0.204. The van der Waals surface area contributed by atoms with Gasteiger partial charge in [0.05, 0.1) is 0 Å². The Balaban J connectivity index is 0.000000217. The van der Waals surface area contributed by atoms with E-state index in [0.29, 0.717) is 5.92 Å². The standard InChI is InChI=1S/C22H25.C18H17.C2H6Si.2ClH.Zr/c1-15(2)18-13-17-7-6-8-20(21(17)14-18)16-9-11-19(12-10-16)22(3,4)5;1-12-9-16-11-13(2)14(3)18(17(16)10-12)15-7-5-4-6-8-15;1-3-2;;;/h6-15H,1-5H3;4-11H,1-3H3;1-2H3;2*1H;/q2*-1;;;;+4/p-2. The molecule has 0 fully saturated rings. The summed E-state index contributed by atoms with van der Waals surface area (Å²) >= 11 is -0.826. The third-order valence-electron chi connectivity index (χ3n) is 8.24. The molecule has 2 radical (unpaired) electrons. The molecule has 46 heavy (non-hydrogen) atoms. The second-order valence-corrected chi connectivity index (χ2v) is 18.0. The molecule has 0 aliphatic heterocycles. The molecule has 0 heterocycles. The van der Waals surface area contributed by atoms with Crippen molar-refractivity contribution in [1.29, 1.82) is 0 Å². The molecule has 0 spiro atoms. The first-order chi connectivity index (χ1) is 21.9. The van der Waals surface area contributed by atoms with Gasteiger partial charge in [-0.1, -0.05) is 138 Å². The Hall–Kier alpha value is -2.22. The fourth-order valence-corrected chi connectivity index (χ4v) is 5.72. The van der Waals surface area contributed by atoms with Crippen molar-refractivity contribution in [3.8, 4) is 22.3 Å². The molecule has 0 amide bonds. The zero-order valence-electron chi connectivity index (χ0n) is 29.1. The van der Waals surface area contributed by atoms with Crippen molar-refractivity contribution >= 4 is 48.1 Å². The molecule has 0 saturated carbocycles. The van der Waals surface area contributed by atoms with Gasteiger partial charge in [-0.15, -0.1) is 63.0 Å². The van der Waals surface area contributed by atoms with Gasteiger partial charge in [0.2, 0.25) is 0 Å². The van der Waals surface area contributed by atoms with Crippen LogP contribution in [-0.4, -0.2) is 9.52 Å². The first-order valence-corrected chi connectivity index (χ1v) is 24.3. The van der Waals surface area contributed by atoms with E-state index in [9.17, 15) is 0 Å². The van der Waals surface area contributed by atoms with Crippen molar-refractivity contribution in [3.63, 3.8) is 0 Å². The molecule has 6 aromatic carbocycles. The van der Waals surface area contributed by atoms with Crippen LogP contribution in [0.3, 0.4) is 0 Å². The summed E-state index contributed by atoms with van der Waals surface area (Å²) in [6, 6.07) is 37.9. The second-order valence-electron chi connectivity index (χ2n) is 13.2. The van der Waals surface area contributed by atoms with Crippen LogP contribution in [0.2, 0.25) is 13.1 Å². The van der Waals surface area contributed by atoms with Gasteiger partial charge < -0.3 is 0 Å². The van der Waals surface area contributed by atoms with Crippen LogP contribution >= 0.6 is 17.0 Å². The molecule has 0 atom stereocenters. The first-order valence-electron chi connectivity index (χ1n) is 15.9. The summed E-state index contributed by atoms with van der Waals surface area (Å²) in [5.74, 6) is 0.573. The van der Waals surface area contributed by atoms with Crippen molar-refractivity contribution in [2.24, 2.45) is 0 Å². The Morgan fingerprint density at radius 2 is 1.30 bits per heavy atom. The first kappa shape index (κ1) is 38.2. The third kappa shape index (κ3) is 9.90. The molecule has 0 N–H and O–H groups in total. The van der Waals surface area contributed by atoms with Gasteiger partial charge in [-0.25, -0.2) is 0 Å². The summed E-state index contributed by atoms with van der Waals surface area (Å²) in [5.41, 5.74) is 12.5. The number of rotatable bonds is 3. The zero-order chi connectivity index (χ0) is 34.0. The molecule has 238 valence electrons. The van der Waals surface area contributed by atoms with Gasteiger partial charge in [0.25, 0.3) is 0 Å². The topological polar surface area (TPSA) is 0 Å². The van der Waals surface area contributed by atoms with E-state index in [1.807, 2.05) is 0 Å². The molecular formula is C42H48Cl2SiZr. The van der Waals surface area contributed by atoms with E-state index in [1.165, 1.54) is 71.6 Å². The molecule has 0 aromatic heterocycles. The summed E-state index contributed by atoms with van der Waals surface area (Å²) in [6.45, 7) is 22.2. The van der Waals surface area contributed by atoms with Crippen LogP contribution in [0.1, 0.15) is 68.4 Å². The van der Waals surface area contributed by atoms with Gasteiger partial charge in [0, 0.05) is 9.52 Å². The SMILES string of the molecule is CC(C)c1cc2c(-c3ccc(C(C)(C)C)cc3)cccc2[cH-]1.C[Si]C.Cc1cc2c(-c3ccccc3)c(C)c(C)cc2[cH-]1.[Cl][Zr+2][Cl]. The molecule has 6 rings (SSSR count). The van der Waals surface area contributed by atoms with Crippen LogP contribution < -0.4 is 0 Å². The zero-order valence-corrected chi connectivity index (χ0v) is 34.1. The van der Waals surface area contributed by atoms with Crippen LogP contribution in [0.25, 0.3) is 43.8 Å². The third-order valence-corrected chi connectivity index (χ3v) is 8.24. The molecule has 0 nitrogen and oxygen atoms in total. The summed E-state index contributed by atoms with van der Waals surface area (Å²) in [4.78, 5) is 0. The molecule has 0 unspecified atom stereocenters. The van der Waals surface area contributed by atoms with E-state index >= 15 is 0 Å². The van der Waals surface area contributed by atoms with Crippen molar-refractivity contribution in [2.45, 2.75) is 79.8 Å². The van der Waals surface area contributed by atoms with E-state index in [1.54, 1.807) is 0 Å². The number of benzene rings is 4. The van der Waals surface area contributed by atoms with E-state index in [4.69, 9.17) is 17.0 Å². The van der Waals surface area contributed by atoms with Gasteiger partial charge in [0.15, 0.2) is 0 Å². The van der Waals surface area contributed by atoms with Gasteiger partial charge in [0.1, 0.15) is 0 Å². The molecule has 4 heteroatoms. The maximum atomic E-state index is 4.93. The van der Waals surface area contributed by atoms with Crippen molar-refractivity contribution in [2.75, 3.05) is 0 Å². The molecule has 0 bridgehead atoms. The van der Waals surface area contributed by atoms with Gasteiger partial charge >= 0.3 is 37.9 Å². The van der Waals surface area contributed by atoms with Crippen molar-refractivity contribution < 1.29 is 20.8 Å². The van der Waals surface area contributed by atoms with Crippen LogP contribution in [0, 0.1) is 20.8 Å². The van der Waals surface area contributed by atoms with Crippen molar-refractivity contribution in [1.82, 2.24) is 0 Å². The predicted octanol–water partition coefficient (Wildman–Crippen LogP) is 14.0. The Kier molecular flexibility index (Phi) is 14.8. The Bertz CT molecular complexity index is 1800. The normalized spacial score (nSPS) is 10.8. The fourth-order valence-electron chi connectivity index (χ4n) is 5.72. The Labute approximate surface area is 299 Å². The maximum absolute atomic E-state index is 4.93. The number of halogens is 2. The van der Waals surface area contributed by atoms with E-state index in [0.717, 1.165) is 9.52 Å². The molecule has 6 aromatic rings. The van der Waals surface area contributed by atoms with Gasteiger partial charge in [-0.05, 0) is 41.9 Å². The number of hydrogen-bond donors (Lipinski definition) is 0. The molecule has 0 aliphatic rings. The van der Waals surface area contributed by atoms with Crippen molar-refractivity contribution in [3.05, 3.63) is 131 Å². The Morgan fingerprint density at radius 3 is 1.87 bits per heavy atom. The minimum atomic E-state index is -0.826. The second kappa shape index (κ2) is 17.8. The summed E-state index contributed by atoms with van der Waals surface area (Å²) in [5, 5.41) is 5.45. The van der Waals surface area contributed by atoms with Crippen LogP contribution in [-0.2, 0) is 26.3 Å².